The van der Waals surface area contributed by atoms with Gasteiger partial charge in [0.25, 0.3) is 15.9 Å². The van der Waals surface area contributed by atoms with E-state index in [1.54, 1.807) is 23.1 Å². The van der Waals surface area contributed by atoms with E-state index < -0.39 is 10.0 Å². The van der Waals surface area contributed by atoms with Crippen LogP contribution in [0.3, 0.4) is 0 Å². The summed E-state index contributed by atoms with van der Waals surface area (Å²) in [5.74, 6) is 0.488. The van der Waals surface area contributed by atoms with Crippen molar-refractivity contribution in [1.82, 2.24) is 19.5 Å². The van der Waals surface area contributed by atoms with Gasteiger partial charge in [-0.2, -0.15) is 4.31 Å². The zero-order valence-electron chi connectivity index (χ0n) is 17.2. The molecule has 2 aliphatic rings. The lowest BCUT2D eigenvalue weighted by Crippen LogP contribution is -2.50. The molecule has 2 aromatic heterocycles. The van der Waals surface area contributed by atoms with E-state index in [1.165, 1.54) is 15.6 Å². The lowest BCUT2D eigenvalue weighted by atomic mass is 10.1. The van der Waals surface area contributed by atoms with Crippen molar-refractivity contribution in [3.8, 4) is 0 Å². The number of hydrogen-bond donors (Lipinski definition) is 1. The largest absolute Gasteiger partial charge is 0.436 e. The highest BCUT2D eigenvalue weighted by Gasteiger charge is 2.33. The molecule has 5 rings (SSSR count). The minimum atomic E-state index is -3.64. The summed E-state index contributed by atoms with van der Waals surface area (Å²) in [6.45, 7) is 3.64. The predicted molar refractivity (Wildman–Crippen MR) is 125 cm³/mol. The summed E-state index contributed by atoms with van der Waals surface area (Å²) in [6, 6.07) is 7.29. The van der Waals surface area contributed by atoms with Crippen LogP contribution in [0.25, 0.3) is 10.1 Å². The van der Waals surface area contributed by atoms with Gasteiger partial charge in [0.15, 0.2) is 0 Å². The number of thiophene rings is 1. The molecule has 1 saturated heterocycles. The summed E-state index contributed by atoms with van der Waals surface area (Å²) in [5.41, 5.74) is 0.820. The molecule has 2 aliphatic heterocycles. The first-order chi connectivity index (χ1) is 14.8. The minimum Gasteiger partial charge on any atom is -0.436 e. The molecule has 1 fully saturated rings. The highest BCUT2D eigenvalue weighted by molar-refractivity contribution is 7.91. The van der Waals surface area contributed by atoms with Crippen molar-refractivity contribution in [3.05, 3.63) is 46.6 Å². The SMILES string of the molecule is CC1Cc2nc(C(=O)N3CCN(S(=O)(=O)c4cc5ccc(Cl)cc5s4)CC3)oc2CN1.Cl. The Morgan fingerprint density at radius 3 is 2.75 bits per heavy atom. The van der Waals surface area contributed by atoms with Gasteiger partial charge >= 0.3 is 5.91 Å². The molecule has 0 saturated carbocycles. The van der Waals surface area contributed by atoms with Crippen molar-refractivity contribution < 1.29 is 17.6 Å². The molecule has 172 valence electrons. The summed E-state index contributed by atoms with van der Waals surface area (Å²) in [5, 5.41) is 4.70. The van der Waals surface area contributed by atoms with Crippen molar-refractivity contribution in [1.29, 1.82) is 0 Å². The maximum Gasteiger partial charge on any atom is 0.309 e. The number of benzene rings is 1. The van der Waals surface area contributed by atoms with E-state index in [-0.39, 0.29) is 54.6 Å². The van der Waals surface area contributed by atoms with Gasteiger partial charge in [-0.25, -0.2) is 13.4 Å². The molecule has 32 heavy (non-hydrogen) atoms. The van der Waals surface area contributed by atoms with Gasteiger partial charge in [0.2, 0.25) is 0 Å². The monoisotopic (exact) mass is 516 g/mol. The van der Waals surface area contributed by atoms with E-state index >= 15 is 0 Å². The third kappa shape index (κ3) is 4.27. The van der Waals surface area contributed by atoms with Crippen LogP contribution >= 0.6 is 35.3 Å². The molecule has 0 spiro atoms. The van der Waals surface area contributed by atoms with Gasteiger partial charge in [0, 0.05) is 48.4 Å². The highest BCUT2D eigenvalue weighted by atomic mass is 35.5. The number of rotatable bonds is 3. The Bertz CT molecular complexity index is 1270. The molecule has 0 radical (unpaired) electrons. The second-order valence-electron chi connectivity index (χ2n) is 7.82. The van der Waals surface area contributed by atoms with Gasteiger partial charge in [-0.15, -0.1) is 23.7 Å². The van der Waals surface area contributed by atoms with Crippen LogP contribution in [0.4, 0.5) is 0 Å². The number of piperazine rings is 1. The van der Waals surface area contributed by atoms with E-state index in [2.05, 4.69) is 17.2 Å². The zero-order valence-corrected chi connectivity index (χ0v) is 20.4. The molecule has 1 amide bonds. The quantitative estimate of drug-likeness (QED) is 0.574. The Hall–Kier alpha value is -1.69. The van der Waals surface area contributed by atoms with Crippen LogP contribution in [0.2, 0.25) is 5.02 Å². The number of nitrogens with zero attached hydrogens (tertiary/aromatic N) is 3. The topological polar surface area (TPSA) is 95.8 Å². The number of oxazole rings is 1. The second-order valence-corrected chi connectivity index (χ2v) is 11.5. The van der Waals surface area contributed by atoms with Crippen molar-refractivity contribution in [2.45, 2.75) is 30.1 Å². The van der Waals surface area contributed by atoms with Gasteiger partial charge in [-0.3, -0.25) is 4.79 Å². The Kier molecular flexibility index (Phi) is 6.54. The van der Waals surface area contributed by atoms with Crippen molar-refractivity contribution in [3.63, 3.8) is 0 Å². The van der Waals surface area contributed by atoms with Gasteiger partial charge in [-0.1, -0.05) is 17.7 Å². The third-order valence-corrected chi connectivity index (χ3v) is 9.33. The predicted octanol–water partition coefficient (Wildman–Crippen LogP) is 3.15. The van der Waals surface area contributed by atoms with Crippen LogP contribution in [0.5, 0.6) is 0 Å². The fourth-order valence-electron chi connectivity index (χ4n) is 3.90. The maximum atomic E-state index is 13.1. The summed E-state index contributed by atoms with van der Waals surface area (Å²) in [4.78, 5) is 18.8. The summed E-state index contributed by atoms with van der Waals surface area (Å²) >= 11 is 7.23. The molecule has 3 aromatic rings. The Labute approximate surface area is 201 Å². The summed E-state index contributed by atoms with van der Waals surface area (Å²) < 4.78 is 34.4. The molecular formula is C20H22Cl2N4O4S2. The van der Waals surface area contributed by atoms with E-state index in [0.717, 1.165) is 22.2 Å². The van der Waals surface area contributed by atoms with Crippen LogP contribution in [0.15, 0.2) is 32.9 Å². The Balaban J connectivity index is 0.00000245. The van der Waals surface area contributed by atoms with Crippen LogP contribution in [-0.2, 0) is 23.0 Å². The molecule has 1 aromatic carbocycles. The number of carbonyl (C=O) groups excluding carboxylic acids is 1. The first-order valence-corrected chi connectivity index (χ1v) is 12.7. The Morgan fingerprint density at radius 1 is 1.25 bits per heavy atom. The average Bonchev–Trinajstić information content (AvgIpc) is 3.37. The molecule has 12 heteroatoms. The molecule has 0 bridgehead atoms. The smallest absolute Gasteiger partial charge is 0.309 e. The third-order valence-electron chi connectivity index (χ3n) is 5.65. The van der Waals surface area contributed by atoms with E-state index in [9.17, 15) is 13.2 Å². The first kappa shape index (κ1) is 23.5. The van der Waals surface area contributed by atoms with Crippen molar-refractivity contribution in [2.24, 2.45) is 0 Å². The zero-order chi connectivity index (χ0) is 21.8. The number of aromatic nitrogens is 1. The van der Waals surface area contributed by atoms with Crippen molar-refractivity contribution in [2.75, 3.05) is 26.2 Å². The first-order valence-electron chi connectivity index (χ1n) is 10.0. The molecule has 0 aliphatic carbocycles. The van der Waals surface area contributed by atoms with Gasteiger partial charge in [0.05, 0.1) is 12.2 Å². The fraction of sp³-hybridized carbons (Fsp3) is 0.400. The van der Waals surface area contributed by atoms with Crippen molar-refractivity contribution >= 4 is 61.4 Å². The van der Waals surface area contributed by atoms with Gasteiger partial charge < -0.3 is 14.6 Å². The number of nitrogens with one attached hydrogen (secondary N) is 1. The van der Waals surface area contributed by atoms with Crippen LogP contribution in [0, 0.1) is 0 Å². The molecule has 4 heterocycles. The molecule has 1 N–H and O–H groups in total. The average molecular weight is 517 g/mol. The van der Waals surface area contributed by atoms with E-state index in [0.29, 0.717) is 23.4 Å². The minimum absolute atomic E-state index is 0. The second kappa shape index (κ2) is 8.92. The molecule has 8 nitrogen and oxygen atoms in total. The van der Waals surface area contributed by atoms with Crippen LogP contribution < -0.4 is 5.32 Å². The molecular weight excluding hydrogens is 495 g/mol. The number of sulfonamides is 1. The number of halogens is 2. The number of amides is 1. The highest BCUT2D eigenvalue weighted by Crippen LogP contribution is 2.33. The maximum absolute atomic E-state index is 13.1. The van der Waals surface area contributed by atoms with Gasteiger partial charge in [0.1, 0.15) is 9.97 Å². The summed E-state index contributed by atoms with van der Waals surface area (Å²) in [7, 11) is -3.64. The lowest BCUT2D eigenvalue weighted by Gasteiger charge is -2.32. The number of hydrogen-bond acceptors (Lipinski definition) is 7. The molecule has 1 unspecified atom stereocenters. The standard InChI is InChI=1S/C20H21ClN4O4S2.ClH/c1-12-8-15-16(11-22-12)29-19(23-15)20(26)24-4-6-25(7-5-24)31(27,28)18-9-13-2-3-14(21)10-17(13)30-18;/h2-3,9-10,12,22H,4-8,11H2,1H3;1H. The van der Waals surface area contributed by atoms with Gasteiger partial charge in [-0.05, 0) is 30.5 Å². The van der Waals surface area contributed by atoms with E-state index in [4.69, 9.17) is 16.0 Å². The summed E-state index contributed by atoms with van der Waals surface area (Å²) in [6.07, 6.45) is 0.721. The normalized spacial score (nSPS) is 19.6. The lowest BCUT2D eigenvalue weighted by molar-refractivity contribution is 0.0656. The Morgan fingerprint density at radius 2 is 2.00 bits per heavy atom. The van der Waals surface area contributed by atoms with Crippen LogP contribution in [-0.4, -0.2) is 60.7 Å². The number of carbonyl (C=O) groups is 1. The van der Waals surface area contributed by atoms with Crippen LogP contribution in [0.1, 0.15) is 29.1 Å². The fourth-order valence-corrected chi connectivity index (χ4v) is 7.15. The van der Waals surface area contributed by atoms with E-state index in [1.807, 2.05) is 6.07 Å². The molecule has 1 atom stereocenters. The number of fused-ring (bicyclic) bond motifs is 2.